The van der Waals surface area contributed by atoms with Crippen LogP contribution in [0.15, 0.2) is 77.9 Å². The Balaban J connectivity index is 1.50. The lowest BCUT2D eigenvalue weighted by atomic mass is 10.1. The fourth-order valence-electron chi connectivity index (χ4n) is 3.49. The number of carbonyl (C=O) groups is 2. The summed E-state index contributed by atoms with van der Waals surface area (Å²) in [5.41, 5.74) is 2.70. The third-order valence-electron chi connectivity index (χ3n) is 5.07. The van der Waals surface area contributed by atoms with Crippen LogP contribution in [0.5, 0.6) is 0 Å². The summed E-state index contributed by atoms with van der Waals surface area (Å²) >= 11 is 6.17. The van der Waals surface area contributed by atoms with E-state index >= 15 is 0 Å². The average Bonchev–Trinajstić information content (AvgIpc) is 3.54. The highest BCUT2D eigenvalue weighted by atomic mass is 35.5. The number of nitrogens with zero attached hydrogens (tertiary/aromatic N) is 4. The predicted octanol–water partition coefficient (Wildman–Crippen LogP) is 3.51. The van der Waals surface area contributed by atoms with Crippen LogP contribution in [0.4, 0.5) is 5.69 Å². The summed E-state index contributed by atoms with van der Waals surface area (Å²) in [6.07, 6.45) is 4.56. The maximum atomic E-state index is 13.0. The van der Waals surface area contributed by atoms with Crippen LogP contribution in [-0.2, 0) is 17.9 Å². The molecule has 9 nitrogen and oxygen atoms in total. The van der Waals surface area contributed by atoms with Crippen molar-refractivity contribution in [2.75, 3.05) is 18.9 Å². The third kappa shape index (κ3) is 5.89. The number of carbonyl (C=O) groups excluding carboxylic acids is 2. The van der Waals surface area contributed by atoms with E-state index in [9.17, 15) is 9.59 Å². The molecule has 2 N–H and O–H groups in total. The maximum Gasteiger partial charge on any atom is 0.251 e. The van der Waals surface area contributed by atoms with Crippen molar-refractivity contribution >= 4 is 29.1 Å². The molecule has 0 spiro atoms. The van der Waals surface area contributed by atoms with Crippen LogP contribution in [0.2, 0.25) is 5.02 Å². The minimum atomic E-state index is -0.225. The first kappa shape index (κ1) is 23.2. The molecule has 0 aliphatic carbocycles. The van der Waals surface area contributed by atoms with Gasteiger partial charge in [0.15, 0.2) is 0 Å². The van der Waals surface area contributed by atoms with Gasteiger partial charge in [0, 0.05) is 24.2 Å². The van der Waals surface area contributed by atoms with Crippen LogP contribution in [0, 0.1) is 0 Å². The van der Waals surface area contributed by atoms with Gasteiger partial charge in [-0.2, -0.15) is 5.10 Å². The van der Waals surface area contributed by atoms with Gasteiger partial charge >= 0.3 is 0 Å². The van der Waals surface area contributed by atoms with Crippen molar-refractivity contribution in [3.63, 3.8) is 0 Å². The monoisotopic (exact) mass is 478 g/mol. The lowest BCUT2D eigenvalue weighted by Crippen LogP contribution is -2.32. The predicted molar refractivity (Wildman–Crippen MR) is 128 cm³/mol. The zero-order valence-corrected chi connectivity index (χ0v) is 19.2. The molecule has 2 aromatic carbocycles. The van der Waals surface area contributed by atoms with E-state index in [1.54, 1.807) is 54.7 Å². The number of halogens is 1. The zero-order valence-electron chi connectivity index (χ0n) is 18.4. The number of hydrogen-bond acceptors (Lipinski definition) is 6. The topological polar surface area (TPSA) is 105 Å². The van der Waals surface area contributed by atoms with Crippen molar-refractivity contribution in [2.24, 2.45) is 0 Å². The van der Waals surface area contributed by atoms with Crippen molar-refractivity contribution in [3.8, 4) is 5.69 Å². The summed E-state index contributed by atoms with van der Waals surface area (Å²) in [6.45, 7) is 1.01. The first-order chi connectivity index (χ1) is 16.5. The number of anilines is 1. The molecular weight excluding hydrogens is 456 g/mol. The van der Waals surface area contributed by atoms with Crippen LogP contribution in [0.3, 0.4) is 0 Å². The molecule has 10 heteroatoms. The van der Waals surface area contributed by atoms with Gasteiger partial charge in [0.2, 0.25) is 5.91 Å². The molecule has 0 radical (unpaired) electrons. The molecule has 0 saturated heterocycles. The van der Waals surface area contributed by atoms with Gasteiger partial charge in [0.05, 0.1) is 30.7 Å². The molecule has 0 unspecified atom stereocenters. The minimum Gasteiger partial charge on any atom is -0.468 e. The second-order valence-electron chi connectivity index (χ2n) is 7.55. The summed E-state index contributed by atoms with van der Waals surface area (Å²) in [7, 11) is 1.59. The highest BCUT2D eigenvalue weighted by molar-refractivity contribution is 6.31. The number of nitrogens with one attached hydrogen (secondary N) is 2. The Labute approximate surface area is 201 Å². The molecule has 4 aromatic rings. The van der Waals surface area contributed by atoms with Crippen molar-refractivity contribution in [1.82, 2.24) is 25.0 Å². The molecular formula is C24H23ClN6O3. The van der Waals surface area contributed by atoms with E-state index in [-0.39, 0.29) is 18.4 Å². The van der Waals surface area contributed by atoms with Gasteiger partial charge < -0.3 is 15.1 Å². The highest BCUT2D eigenvalue weighted by Gasteiger charge is 2.16. The molecule has 0 saturated carbocycles. The number of aromatic nitrogens is 3. The van der Waals surface area contributed by atoms with E-state index < -0.39 is 0 Å². The molecule has 2 amide bonds. The van der Waals surface area contributed by atoms with Gasteiger partial charge in [-0.15, -0.1) is 0 Å². The first-order valence-corrected chi connectivity index (χ1v) is 10.9. The van der Waals surface area contributed by atoms with Gasteiger partial charge in [0.1, 0.15) is 18.4 Å². The van der Waals surface area contributed by atoms with Crippen molar-refractivity contribution in [3.05, 3.63) is 95.4 Å². The lowest BCUT2D eigenvalue weighted by molar-refractivity contribution is -0.117. The summed E-state index contributed by atoms with van der Waals surface area (Å²) in [5.74, 6) is 0.362. The quantitative estimate of drug-likeness (QED) is 0.381. The number of furan rings is 1. The molecule has 0 fully saturated rings. The Kier molecular flexibility index (Phi) is 7.36. The molecule has 2 aromatic heterocycles. The molecule has 34 heavy (non-hydrogen) atoms. The Morgan fingerprint density at radius 2 is 1.94 bits per heavy atom. The number of hydrogen-bond donors (Lipinski definition) is 2. The van der Waals surface area contributed by atoms with Crippen molar-refractivity contribution in [2.45, 2.75) is 13.1 Å². The maximum absolute atomic E-state index is 13.0. The fourth-order valence-corrected chi connectivity index (χ4v) is 3.66. The SMILES string of the molecule is CNC(=O)c1ccc(CN(CC(=O)Nc2cc(Cl)ccc2-n2cncn2)Cc2ccco2)cc1. The molecule has 0 aliphatic rings. The molecule has 4 rings (SSSR count). The van der Waals surface area contributed by atoms with Gasteiger partial charge in [0.25, 0.3) is 5.91 Å². The number of benzene rings is 2. The minimum absolute atomic E-state index is 0.0984. The molecule has 2 heterocycles. The van der Waals surface area contributed by atoms with Gasteiger partial charge in [-0.25, -0.2) is 9.67 Å². The highest BCUT2D eigenvalue weighted by Crippen LogP contribution is 2.24. The van der Waals surface area contributed by atoms with Crippen LogP contribution in [-0.4, -0.2) is 45.1 Å². The summed E-state index contributed by atoms with van der Waals surface area (Å²) < 4.78 is 7.04. The second kappa shape index (κ2) is 10.8. The van der Waals surface area contributed by atoms with E-state index in [0.29, 0.717) is 35.1 Å². The van der Waals surface area contributed by atoms with Crippen molar-refractivity contribution < 1.29 is 14.0 Å². The van der Waals surface area contributed by atoms with Crippen LogP contribution >= 0.6 is 11.6 Å². The summed E-state index contributed by atoms with van der Waals surface area (Å²) in [6, 6.07) is 16.1. The first-order valence-electron chi connectivity index (χ1n) is 10.5. The second-order valence-corrected chi connectivity index (χ2v) is 7.99. The van der Waals surface area contributed by atoms with E-state index in [4.69, 9.17) is 16.0 Å². The smallest absolute Gasteiger partial charge is 0.251 e. The van der Waals surface area contributed by atoms with E-state index in [1.165, 1.54) is 6.33 Å². The number of amides is 2. The fraction of sp³-hybridized carbons (Fsp3) is 0.167. The zero-order chi connectivity index (χ0) is 23.9. The largest absolute Gasteiger partial charge is 0.468 e. The third-order valence-corrected chi connectivity index (χ3v) is 5.31. The van der Waals surface area contributed by atoms with E-state index in [2.05, 4.69) is 20.7 Å². The Bertz CT molecular complexity index is 1240. The van der Waals surface area contributed by atoms with Gasteiger partial charge in [-0.05, 0) is 48.0 Å². The standard InChI is InChI=1S/C24H23ClN6O3/c1-26-24(33)18-6-4-17(5-7-18)12-30(13-20-3-2-10-34-20)14-23(32)29-21-11-19(25)8-9-22(21)31-16-27-15-28-31/h2-11,15-16H,12-14H2,1H3,(H,26,33)(H,29,32). The van der Waals surface area contributed by atoms with Gasteiger partial charge in [-0.1, -0.05) is 23.7 Å². The Hall–Kier alpha value is -3.95. The Morgan fingerprint density at radius 1 is 1.12 bits per heavy atom. The summed E-state index contributed by atoms with van der Waals surface area (Å²) in [4.78, 5) is 30.8. The van der Waals surface area contributed by atoms with Gasteiger partial charge in [-0.3, -0.25) is 14.5 Å². The molecule has 0 atom stereocenters. The Morgan fingerprint density at radius 3 is 2.62 bits per heavy atom. The van der Waals surface area contributed by atoms with Crippen LogP contribution < -0.4 is 10.6 Å². The molecule has 0 aliphatic heterocycles. The summed E-state index contributed by atoms with van der Waals surface area (Å²) in [5, 5.41) is 10.2. The van der Waals surface area contributed by atoms with Crippen LogP contribution in [0.25, 0.3) is 5.69 Å². The average molecular weight is 479 g/mol. The number of rotatable bonds is 9. The van der Waals surface area contributed by atoms with Crippen LogP contribution in [0.1, 0.15) is 21.7 Å². The normalized spacial score (nSPS) is 10.9. The van der Waals surface area contributed by atoms with Crippen molar-refractivity contribution in [1.29, 1.82) is 0 Å². The van der Waals surface area contributed by atoms with E-state index in [0.717, 1.165) is 11.3 Å². The molecule has 0 bridgehead atoms. The molecule has 174 valence electrons. The lowest BCUT2D eigenvalue weighted by Gasteiger charge is -2.21. The van der Waals surface area contributed by atoms with E-state index in [1.807, 2.05) is 29.2 Å².